The third kappa shape index (κ3) is 7.80. The van der Waals surface area contributed by atoms with Crippen molar-refractivity contribution in [2.45, 2.75) is 51.4 Å². The minimum atomic E-state index is -0.113. The van der Waals surface area contributed by atoms with Gasteiger partial charge in [-0.05, 0) is 37.1 Å². The Morgan fingerprint density at radius 3 is 1.57 bits per heavy atom. The van der Waals surface area contributed by atoms with Crippen molar-refractivity contribution < 1.29 is 9.59 Å². The zero-order valence-electron chi connectivity index (χ0n) is 16.3. The van der Waals surface area contributed by atoms with E-state index in [2.05, 4.69) is 10.9 Å². The molecule has 0 aliphatic rings. The van der Waals surface area contributed by atoms with Gasteiger partial charge in [-0.15, -0.1) is 0 Å². The lowest BCUT2D eigenvalue weighted by Gasteiger charge is -2.25. The molecule has 0 fully saturated rings. The van der Waals surface area contributed by atoms with Crippen molar-refractivity contribution in [3.05, 3.63) is 60.7 Å². The molecule has 0 radical (unpaired) electrons. The van der Waals surface area contributed by atoms with Gasteiger partial charge in [0.2, 0.25) is 11.8 Å². The number of nitrogens with zero attached hydrogens (tertiary/aromatic N) is 1. The molecule has 2 amide bonds. The third-order valence-corrected chi connectivity index (χ3v) is 4.48. The summed E-state index contributed by atoms with van der Waals surface area (Å²) in [6, 6.07) is 19.6. The molecule has 150 valence electrons. The smallest absolute Gasteiger partial charge is 0.238 e. The maximum atomic E-state index is 12.4. The summed E-state index contributed by atoms with van der Waals surface area (Å²) in [7, 11) is 0. The summed E-state index contributed by atoms with van der Waals surface area (Å²) >= 11 is 0. The van der Waals surface area contributed by atoms with Crippen molar-refractivity contribution in [3.8, 4) is 0 Å². The molecule has 0 aliphatic heterocycles. The van der Waals surface area contributed by atoms with Gasteiger partial charge in [-0.2, -0.15) is 0 Å². The van der Waals surface area contributed by atoms with Crippen LogP contribution in [-0.4, -0.2) is 11.8 Å². The van der Waals surface area contributed by atoms with E-state index in [1.165, 1.54) is 0 Å². The van der Waals surface area contributed by atoms with Gasteiger partial charge in [0.05, 0.1) is 11.4 Å². The summed E-state index contributed by atoms with van der Waals surface area (Å²) in [5, 5.41) is 1.82. The second kappa shape index (κ2) is 12.5. The van der Waals surface area contributed by atoms with Gasteiger partial charge >= 0.3 is 0 Å². The number of para-hydroxylation sites is 2. The number of unbranched alkanes of at least 4 members (excludes halogenated alkanes) is 5. The summed E-state index contributed by atoms with van der Waals surface area (Å²) in [6.07, 6.45) is 6.83. The van der Waals surface area contributed by atoms with E-state index < -0.39 is 0 Å². The van der Waals surface area contributed by atoms with E-state index in [0.717, 1.165) is 49.9 Å². The number of amides is 2. The lowest BCUT2D eigenvalue weighted by molar-refractivity contribution is -0.122. The number of nitrogens with one attached hydrogen (secondary N) is 2. The van der Waals surface area contributed by atoms with Gasteiger partial charge in [0.15, 0.2) is 0 Å². The van der Waals surface area contributed by atoms with Crippen molar-refractivity contribution >= 4 is 23.2 Å². The zero-order valence-corrected chi connectivity index (χ0v) is 16.3. The van der Waals surface area contributed by atoms with Crippen molar-refractivity contribution in [1.82, 2.24) is 10.9 Å². The molecule has 28 heavy (non-hydrogen) atoms. The predicted molar refractivity (Wildman–Crippen MR) is 112 cm³/mol. The van der Waals surface area contributed by atoms with Crippen molar-refractivity contribution in [3.63, 3.8) is 0 Å². The molecule has 0 aromatic heterocycles. The summed E-state index contributed by atoms with van der Waals surface area (Å²) < 4.78 is 0. The van der Waals surface area contributed by atoms with Gasteiger partial charge in [-0.1, -0.05) is 62.1 Å². The van der Waals surface area contributed by atoms with Crippen LogP contribution in [0.3, 0.4) is 0 Å². The van der Waals surface area contributed by atoms with Crippen LogP contribution in [-0.2, 0) is 9.59 Å². The molecular weight excluding hydrogens is 352 g/mol. The van der Waals surface area contributed by atoms with E-state index in [4.69, 9.17) is 5.84 Å². The fourth-order valence-corrected chi connectivity index (χ4v) is 2.96. The van der Waals surface area contributed by atoms with Crippen LogP contribution in [0.4, 0.5) is 11.4 Å². The predicted octanol–water partition coefficient (Wildman–Crippen LogP) is 3.97. The quantitative estimate of drug-likeness (QED) is 0.224. The van der Waals surface area contributed by atoms with Crippen LogP contribution >= 0.6 is 0 Å². The summed E-state index contributed by atoms with van der Waals surface area (Å²) in [4.78, 5) is 23.5. The first kappa shape index (κ1) is 21.4. The number of carbonyl (C=O) groups excluding carboxylic acids is 2. The van der Waals surface area contributed by atoms with E-state index in [9.17, 15) is 9.59 Å². The maximum Gasteiger partial charge on any atom is 0.238 e. The molecule has 4 N–H and O–H groups in total. The summed E-state index contributed by atoms with van der Waals surface area (Å²) in [5.41, 5.74) is 7.00. The van der Waals surface area contributed by atoms with E-state index in [-0.39, 0.29) is 11.8 Å². The van der Waals surface area contributed by atoms with Gasteiger partial charge in [0, 0.05) is 12.8 Å². The van der Waals surface area contributed by atoms with Gasteiger partial charge in [0.1, 0.15) is 0 Å². The van der Waals surface area contributed by atoms with Gasteiger partial charge < -0.3 is 0 Å². The van der Waals surface area contributed by atoms with Crippen molar-refractivity contribution in [2.24, 2.45) is 5.84 Å². The third-order valence-electron chi connectivity index (χ3n) is 4.48. The van der Waals surface area contributed by atoms with Crippen molar-refractivity contribution in [1.29, 1.82) is 0 Å². The number of nitrogens with two attached hydrogens (primary N) is 1. The molecule has 2 rings (SSSR count). The normalized spacial score (nSPS) is 10.3. The van der Waals surface area contributed by atoms with Crippen LogP contribution in [0.5, 0.6) is 0 Å². The Bertz CT molecular complexity index is 667. The first-order valence-electron chi connectivity index (χ1n) is 9.90. The zero-order chi connectivity index (χ0) is 20.0. The van der Waals surface area contributed by atoms with Crippen LogP contribution in [0.15, 0.2) is 60.7 Å². The number of benzene rings is 2. The molecule has 0 spiro atoms. The van der Waals surface area contributed by atoms with Crippen LogP contribution in [0.1, 0.15) is 51.4 Å². The summed E-state index contributed by atoms with van der Waals surface area (Å²) in [6.45, 7) is 0. The molecule has 0 saturated carbocycles. The Balaban J connectivity index is 1.72. The number of hydrazine groups is 2. The molecule has 6 heteroatoms. The maximum absolute atomic E-state index is 12.4. The average Bonchev–Trinajstić information content (AvgIpc) is 2.75. The molecule has 0 unspecified atom stereocenters. The van der Waals surface area contributed by atoms with E-state index in [0.29, 0.717) is 12.8 Å². The first-order chi connectivity index (χ1) is 13.7. The molecule has 0 aliphatic carbocycles. The lowest BCUT2D eigenvalue weighted by Crippen LogP contribution is -2.38. The van der Waals surface area contributed by atoms with Gasteiger partial charge in [-0.3, -0.25) is 25.4 Å². The molecule has 0 heterocycles. The SMILES string of the molecule is NNC(=O)CCCCCCCCC(=O)NN(c1ccccc1)c1ccccc1. The van der Waals surface area contributed by atoms with Crippen molar-refractivity contribution in [2.75, 3.05) is 5.01 Å². The number of rotatable bonds is 12. The number of hydrogen-bond acceptors (Lipinski definition) is 4. The second-order valence-corrected chi connectivity index (χ2v) is 6.73. The van der Waals surface area contributed by atoms with Crippen LogP contribution in [0, 0.1) is 0 Å². The molecule has 0 bridgehead atoms. The monoisotopic (exact) mass is 382 g/mol. The first-order valence-corrected chi connectivity index (χ1v) is 9.90. The number of anilines is 2. The Labute approximate surface area is 167 Å². The highest BCUT2D eigenvalue weighted by Gasteiger charge is 2.12. The second-order valence-electron chi connectivity index (χ2n) is 6.73. The Morgan fingerprint density at radius 1 is 0.679 bits per heavy atom. The van der Waals surface area contributed by atoms with Crippen LogP contribution < -0.4 is 21.7 Å². The Kier molecular flexibility index (Phi) is 9.58. The fraction of sp³-hybridized carbons (Fsp3) is 0.364. The van der Waals surface area contributed by atoms with Crippen LogP contribution in [0.25, 0.3) is 0 Å². The minimum absolute atomic E-state index is 0.00678. The average molecular weight is 383 g/mol. The largest absolute Gasteiger partial charge is 0.294 e. The standard InChI is InChI=1S/C22H30N4O2/c23-24-21(27)17-11-3-1-2-4-12-18-22(28)25-26(19-13-7-5-8-14-19)20-15-9-6-10-16-20/h5-10,13-16H,1-4,11-12,17-18,23H2,(H,24,27)(H,25,28). The van der Waals surface area contributed by atoms with E-state index in [1.807, 2.05) is 65.7 Å². The minimum Gasteiger partial charge on any atom is -0.294 e. The number of carbonyl (C=O) groups is 2. The highest BCUT2D eigenvalue weighted by atomic mass is 16.2. The fourth-order valence-electron chi connectivity index (χ4n) is 2.96. The van der Waals surface area contributed by atoms with Gasteiger partial charge in [0.25, 0.3) is 0 Å². The molecule has 2 aromatic carbocycles. The highest BCUT2D eigenvalue weighted by molar-refractivity contribution is 5.80. The highest BCUT2D eigenvalue weighted by Crippen LogP contribution is 2.22. The van der Waals surface area contributed by atoms with E-state index in [1.54, 1.807) is 0 Å². The topological polar surface area (TPSA) is 87.5 Å². The Morgan fingerprint density at radius 2 is 1.11 bits per heavy atom. The van der Waals surface area contributed by atoms with Crippen LogP contribution in [0.2, 0.25) is 0 Å². The van der Waals surface area contributed by atoms with Gasteiger partial charge in [-0.25, -0.2) is 5.84 Å². The summed E-state index contributed by atoms with van der Waals surface area (Å²) in [5.74, 6) is 4.94. The Hall–Kier alpha value is -2.86. The molecule has 0 saturated heterocycles. The van der Waals surface area contributed by atoms with E-state index >= 15 is 0 Å². The number of hydrogen-bond donors (Lipinski definition) is 3. The lowest BCUT2D eigenvalue weighted by atomic mass is 10.1. The molecule has 2 aromatic rings. The molecule has 0 atom stereocenters. The molecule has 6 nitrogen and oxygen atoms in total. The molecular formula is C22H30N4O2.